The average molecular weight is 305 g/mol. The number of fused-ring (bicyclic) bond motifs is 1. The van der Waals surface area contributed by atoms with Crippen LogP contribution in [0.25, 0.3) is 22.4 Å². The predicted octanol–water partition coefficient (Wildman–Crippen LogP) is 4.44. The van der Waals surface area contributed by atoms with Crippen molar-refractivity contribution in [1.82, 2.24) is 9.97 Å². The second kappa shape index (κ2) is 4.21. The average Bonchev–Trinajstić information content (AvgIpc) is 2.74. The molecule has 18 heavy (non-hydrogen) atoms. The molecule has 0 aliphatic carbocycles. The molecule has 0 amide bonds. The van der Waals surface area contributed by atoms with Gasteiger partial charge in [-0.2, -0.15) is 0 Å². The fraction of sp³-hybridized carbons (Fsp3) is 0.0714. The standard InChI is InChI=1S/C14H10BrFN2/c1-8-2-5-12-13(6-8)18-14(17-12)10-7-9(15)3-4-11(10)16/h2-7H,1H3,(H,17,18). The first-order valence-corrected chi connectivity index (χ1v) is 6.34. The van der Waals surface area contributed by atoms with Gasteiger partial charge in [-0.15, -0.1) is 0 Å². The van der Waals surface area contributed by atoms with Crippen molar-refractivity contribution in [3.8, 4) is 11.4 Å². The Kier molecular flexibility index (Phi) is 2.67. The zero-order chi connectivity index (χ0) is 12.7. The Labute approximate surface area is 112 Å². The van der Waals surface area contributed by atoms with E-state index in [1.165, 1.54) is 6.07 Å². The maximum absolute atomic E-state index is 13.8. The van der Waals surface area contributed by atoms with Crippen LogP contribution in [0.4, 0.5) is 4.39 Å². The summed E-state index contributed by atoms with van der Waals surface area (Å²) in [4.78, 5) is 7.56. The summed E-state index contributed by atoms with van der Waals surface area (Å²) >= 11 is 3.34. The number of imidazole rings is 1. The van der Waals surface area contributed by atoms with Gasteiger partial charge in [-0.1, -0.05) is 22.0 Å². The van der Waals surface area contributed by atoms with Gasteiger partial charge in [0.15, 0.2) is 0 Å². The molecule has 0 aliphatic heterocycles. The minimum atomic E-state index is -0.283. The lowest BCUT2D eigenvalue weighted by molar-refractivity contribution is 0.630. The van der Waals surface area contributed by atoms with Crippen molar-refractivity contribution in [2.75, 3.05) is 0 Å². The van der Waals surface area contributed by atoms with Gasteiger partial charge < -0.3 is 4.98 Å². The van der Waals surface area contributed by atoms with E-state index in [1.807, 2.05) is 25.1 Å². The third-order valence-corrected chi connectivity index (χ3v) is 3.31. The Bertz CT molecular complexity index is 734. The number of rotatable bonds is 1. The molecule has 2 aromatic carbocycles. The molecule has 0 unspecified atom stereocenters. The summed E-state index contributed by atoms with van der Waals surface area (Å²) in [5, 5.41) is 0. The maximum atomic E-state index is 13.8. The molecule has 0 radical (unpaired) electrons. The van der Waals surface area contributed by atoms with Crippen LogP contribution >= 0.6 is 15.9 Å². The molecule has 0 aliphatic rings. The van der Waals surface area contributed by atoms with Crippen molar-refractivity contribution >= 4 is 27.0 Å². The van der Waals surface area contributed by atoms with E-state index in [0.717, 1.165) is 21.1 Å². The fourth-order valence-electron chi connectivity index (χ4n) is 1.93. The van der Waals surface area contributed by atoms with Crippen LogP contribution in [-0.4, -0.2) is 9.97 Å². The molecular weight excluding hydrogens is 295 g/mol. The van der Waals surface area contributed by atoms with Crippen LogP contribution in [-0.2, 0) is 0 Å². The SMILES string of the molecule is Cc1ccc2nc(-c3cc(Br)ccc3F)[nH]c2c1. The molecule has 4 heteroatoms. The van der Waals surface area contributed by atoms with E-state index in [0.29, 0.717) is 11.4 Å². The summed E-state index contributed by atoms with van der Waals surface area (Å²) < 4.78 is 14.6. The van der Waals surface area contributed by atoms with E-state index in [9.17, 15) is 4.39 Å². The quantitative estimate of drug-likeness (QED) is 0.707. The number of hydrogen-bond donors (Lipinski definition) is 1. The maximum Gasteiger partial charge on any atom is 0.141 e. The van der Waals surface area contributed by atoms with Gasteiger partial charge in [-0.25, -0.2) is 9.37 Å². The smallest absolute Gasteiger partial charge is 0.141 e. The number of H-pyrrole nitrogens is 1. The molecular formula is C14H10BrFN2. The zero-order valence-electron chi connectivity index (χ0n) is 9.67. The minimum Gasteiger partial charge on any atom is -0.338 e. The number of nitrogens with one attached hydrogen (secondary N) is 1. The molecule has 0 atom stereocenters. The summed E-state index contributed by atoms with van der Waals surface area (Å²) in [7, 11) is 0. The van der Waals surface area contributed by atoms with Crippen molar-refractivity contribution < 1.29 is 4.39 Å². The highest BCUT2D eigenvalue weighted by molar-refractivity contribution is 9.10. The summed E-state index contributed by atoms with van der Waals surface area (Å²) in [5.41, 5.74) is 3.38. The molecule has 0 spiro atoms. The van der Waals surface area contributed by atoms with Crippen LogP contribution in [0.2, 0.25) is 0 Å². The van der Waals surface area contributed by atoms with E-state index in [-0.39, 0.29) is 5.82 Å². The van der Waals surface area contributed by atoms with Crippen LogP contribution in [0.15, 0.2) is 40.9 Å². The van der Waals surface area contributed by atoms with Crippen LogP contribution in [0.3, 0.4) is 0 Å². The number of aromatic amines is 1. The van der Waals surface area contributed by atoms with Gasteiger partial charge in [0.1, 0.15) is 11.6 Å². The van der Waals surface area contributed by atoms with E-state index in [2.05, 4.69) is 25.9 Å². The van der Waals surface area contributed by atoms with Crippen molar-refractivity contribution in [1.29, 1.82) is 0 Å². The molecule has 3 aromatic rings. The highest BCUT2D eigenvalue weighted by atomic mass is 79.9. The molecule has 0 saturated carbocycles. The van der Waals surface area contributed by atoms with Crippen molar-refractivity contribution in [2.24, 2.45) is 0 Å². The van der Waals surface area contributed by atoms with Gasteiger partial charge >= 0.3 is 0 Å². The summed E-state index contributed by atoms with van der Waals surface area (Å²) in [6.07, 6.45) is 0. The van der Waals surface area contributed by atoms with Gasteiger partial charge in [0.2, 0.25) is 0 Å². The molecule has 0 bridgehead atoms. The second-order valence-electron chi connectivity index (χ2n) is 4.23. The van der Waals surface area contributed by atoms with E-state index in [4.69, 9.17) is 0 Å². The Morgan fingerprint density at radius 3 is 2.83 bits per heavy atom. The molecule has 2 nitrogen and oxygen atoms in total. The Morgan fingerprint density at radius 1 is 1.17 bits per heavy atom. The third-order valence-electron chi connectivity index (χ3n) is 2.82. The van der Waals surface area contributed by atoms with Crippen molar-refractivity contribution in [3.05, 3.63) is 52.3 Å². The van der Waals surface area contributed by atoms with Crippen LogP contribution in [0.5, 0.6) is 0 Å². The number of aryl methyl sites for hydroxylation is 1. The van der Waals surface area contributed by atoms with E-state index < -0.39 is 0 Å². The van der Waals surface area contributed by atoms with E-state index >= 15 is 0 Å². The highest BCUT2D eigenvalue weighted by Crippen LogP contribution is 2.26. The largest absolute Gasteiger partial charge is 0.338 e. The molecule has 1 heterocycles. The molecule has 90 valence electrons. The third kappa shape index (κ3) is 1.93. The lowest BCUT2D eigenvalue weighted by Crippen LogP contribution is -1.86. The normalized spacial score (nSPS) is 11.1. The molecule has 1 aromatic heterocycles. The fourth-order valence-corrected chi connectivity index (χ4v) is 2.29. The lowest BCUT2D eigenvalue weighted by Gasteiger charge is -1.99. The van der Waals surface area contributed by atoms with Crippen molar-refractivity contribution in [3.63, 3.8) is 0 Å². The molecule has 1 N–H and O–H groups in total. The van der Waals surface area contributed by atoms with E-state index in [1.54, 1.807) is 12.1 Å². The van der Waals surface area contributed by atoms with Crippen LogP contribution < -0.4 is 0 Å². The highest BCUT2D eigenvalue weighted by Gasteiger charge is 2.10. The first-order valence-electron chi connectivity index (χ1n) is 5.55. The number of nitrogens with zero attached hydrogens (tertiary/aromatic N) is 1. The Balaban J connectivity index is 2.22. The predicted molar refractivity (Wildman–Crippen MR) is 73.9 cm³/mol. The monoisotopic (exact) mass is 304 g/mol. The molecule has 0 fully saturated rings. The van der Waals surface area contributed by atoms with Crippen molar-refractivity contribution in [2.45, 2.75) is 6.92 Å². The van der Waals surface area contributed by atoms with Crippen LogP contribution in [0.1, 0.15) is 5.56 Å². The second-order valence-corrected chi connectivity index (χ2v) is 5.15. The Morgan fingerprint density at radius 2 is 2.00 bits per heavy atom. The molecule has 3 rings (SSSR count). The first-order chi connectivity index (χ1) is 8.63. The van der Waals surface area contributed by atoms with Gasteiger partial charge in [0.25, 0.3) is 0 Å². The van der Waals surface area contributed by atoms with Gasteiger partial charge in [0, 0.05) is 4.47 Å². The summed E-state index contributed by atoms with van der Waals surface area (Å²) in [5.74, 6) is 0.267. The van der Waals surface area contributed by atoms with Gasteiger partial charge in [-0.3, -0.25) is 0 Å². The number of halogens is 2. The minimum absolute atomic E-state index is 0.283. The summed E-state index contributed by atoms with van der Waals surface area (Å²) in [6, 6.07) is 10.7. The number of benzene rings is 2. The number of aromatic nitrogens is 2. The molecule has 0 saturated heterocycles. The summed E-state index contributed by atoms with van der Waals surface area (Å²) in [6.45, 7) is 2.01. The first kappa shape index (κ1) is 11.4. The van der Waals surface area contributed by atoms with Crippen LogP contribution in [0, 0.1) is 12.7 Å². The van der Waals surface area contributed by atoms with Gasteiger partial charge in [0.05, 0.1) is 16.6 Å². The Hall–Kier alpha value is -1.68. The zero-order valence-corrected chi connectivity index (χ0v) is 11.3. The topological polar surface area (TPSA) is 28.7 Å². The number of hydrogen-bond acceptors (Lipinski definition) is 1. The van der Waals surface area contributed by atoms with Gasteiger partial charge in [-0.05, 0) is 42.8 Å². The lowest BCUT2D eigenvalue weighted by atomic mass is 10.2.